The van der Waals surface area contributed by atoms with Gasteiger partial charge in [0.2, 0.25) is 0 Å². The molecule has 0 rings (SSSR count). The van der Waals surface area contributed by atoms with E-state index in [1.54, 1.807) is 27.7 Å². The van der Waals surface area contributed by atoms with Crippen LogP contribution in [0.1, 0.15) is 68.7 Å². The number of carbonyl (C=O) groups excluding carboxylic acids is 1. The minimum atomic E-state index is -0.915. The first-order chi connectivity index (χ1) is 10.5. The number of carbonyl (C=O) groups is 1. The van der Waals surface area contributed by atoms with Gasteiger partial charge in [0.15, 0.2) is 0 Å². The smallest absolute Gasteiger partial charge is 0.434 e. The predicted octanol–water partition coefficient (Wildman–Crippen LogP) is 3.45. The van der Waals surface area contributed by atoms with Crippen LogP contribution in [0.4, 0.5) is 4.79 Å². The van der Waals surface area contributed by atoms with Crippen molar-refractivity contribution in [2.45, 2.75) is 85.7 Å². The van der Waals surface area contributed by atoms with E-state index in [2.05, 4.69) is 0 Å². The number of hydrogen-bond acceptors (Lipinski definition) is 6. The van der Waals surface area contributed by atoms with Gasteiger partial charge in [-0.15, -0.1) is 0 Å². The molecule has 0 spiro atoms. The molecule has 0 heterocycles. The highest BCUT2D eigenvalue weighted by atomic mass is 16.7. The second-order valence-corrected chi connectivity index (χ2v) is 8.81. The molecule has 0 bridgehead atoms. The maximum atomic E-state index is 12.0. The third kappa shape index (κ3) is 8.31. The fourth-order valence-corrected chi connectivity index (χ4v) is 1.64. The number of nitrogens with two attached hydrogens (primary N) is 1. The number of rotatable bonds is 9. The van der Waals surface area contributed by atoms with Crippen LogP contribution in [-0.4, -0.2) is 41.4 Å². The maximum Gasteiger partial charge on any atom is 0.508 e. The van der Waals surface area contributed by atoms with Gasteiger partial charge in [-0.25, -0.2) is 4.79 Å². The van der Waals surface area contributed by atoms with E-state index in [9.17, 15) is 9.90 Å². The first-order valence-corrected chi connectivity index (χ1v) is 8.49. The highest BCUT2D eigenvalue weighted by Gasteiger charge is 2.41. The summed E-state index contributed by atoms with van der Waals surface area (Å²) in [5.74, 6) is -0.193. The van der Waals surface area contributed by atoms with E-state index < -0.39 is 23.1 Å². The molecular formula is C18H37NO5. The molecule has 1 atom stereocenters. The zero-order valence-electron chi connectivity index (χ0n) is 16.9. The lowest BCUT2D eigenvalue weighted by atomic mass is 9.75. The maximum absolute atomic E-state index is 12.0. The van der Waals surface area contributed by atoms with Crippen LogP contribution in [0.5, 0.6) is 0 Å². The average Bonchev–Trinajstić information content (AvgIpc) is 2.31. The Morgan fingerprint density at radius 1 is 1.08 bits per heavy atom. The third-order valence-electron chi connectivity index (χ3n) is 4.83. The molecule has 0 amide bonds. The Labute approximate surface area is 147 Å². The molecule has 0 aromatic heterocycles. The third-order valence-corrected chi connectivity index (χ3v) is 4.83. The van der Waals surface area contributed by atoms with Crippen LogP contribution in [0, 0.1) is 11.3 Å². The lowest BCUT2D eigenvalue weighted by molar-refractivity contribution is -0.104. The Bertz CT molecular complexity index is 405. The molecule has 6 heteroatoms. The van der Waals surface area contributed by atoms with E-state index in [0.29, 0.717) is 13.0 Å². The zero-order chi connectivity index (χ0) is 19.4. The van der Waals surface area contributed by atoms with Crippen molar-refractivity contribution in [2.24, 2.45) is 17.1 Å². The monoisotopic (exact) mass is 347 g/mol. The molecular weight excluding hydrogens is 310 g/mol. The first kappa shape index (κ1) is 23.1. The van der Waals surface area contributed by atoms with Crippen molar-refractivity contribution in [3.8, 4) is 0 Å². The van der Waals surface area contributed by atoms with Gasteiger partial charge in [-0.1, -0.05) is 20.8 Å². The van der Waals surface area contributed by atoms with Crippen molar-refractivity contribution in [1.82, 2.24) is 0 Å². The van der Waals surface area contributed by atoms with Crippen LogP contribution < -0.4 is 5.73 Å². The quantitative estimate of drug-likeness (QED) is 0.490. The topological polar surface area (TPSA) is 91.0 Å². The first-order valence-electron chi connectivity index (χ1n) is 8.49. The van der Waals surface area contributed by atoms with E-state index in [0.717, 1.165) is 0 Å². The molecule has 0 aliphatic carbocycles. The summed E-state index contributed by atoms with van der Waals surface area (Å²) in [5, 5.41) is 9.87. The summed E-state index contributed by atoms with van der Waals surface area (Å²) in [5.41, 5.74) is 3.13. The Balaban J connectivity index is 4.56. The molecule has 144 valence electrons. The van der Waals surface area contributed by atoms with Crippen molar-refractivity contribution in [3.63, 3.8) is 0 Å². The molecule has 0 fully saturated rings. The van der Waals surface area contributed by atoms with E-state index >= 15 is 0 Å². The van der Waals surface area contributed by atoms with Crippen LogP contribution in [0.15, 0.2) is 0 Å². The predicted molar refractivity (Wildman–Crippen MR) is 94.6 cm³/mol. The minimum Gasteiger partial charge on any atom is -0.434 e. The number of aliphatic hydroxyl groups is 1. The lowest BCUT2D eigenvalue weighted by Gasteiger charge is -2.41. The lowest BCUT2D eigenvalue weighted by Crippen LogP contribution is -2.45. The van der Waals surface area contributed by atoms with Gasteiger partial charge in [-0.05, 0) is 48.0 Å². The molecule has 0 saturated carbocycles. The second-order valence-electron chi connectivity index (χ2n) is 8.81. The van der Waals surface area contributed by atoms with Gasteiger partial charge in [0.25, 0.3) is 0 Å². The van der Waals surface area contributed by atoms with Gasteiger partial charge in [0.1, 0.15) is 17.9 Å². The Morgan fingerprint density at radius 3 is 2.00 bits per heavy atom. The van der Waals surface area contributed by atoms with Crippen molar-refractivity contribution in [2.75, 3.05) is 13.2 Å². The molecule has 0 aromatic rings. The summed E-state index contributed by atoms with van der Waals surface area (Å²) in [4.78, 5) is 12.0. The van der Waals surface area contributed by atoms with Crippen LogP contribution >= 0.6 is 0 Å². The van der Waals surface area contributed by atoms with Crippen LogP contribution in [0.3, 0.4) is 0 Å². The van der Waals surface area contributed by atoms with Crippen LogP contribution in [-0.2, 0) is 14.2 Å². The van der Waals surface area contributed by atoms with Gasteiger partial charge in [-0.3, -0.25) is 0 Å². The molecule has 1 unspecified atom stereocenters. The second kappa shape index (κ2) is 8.02. The largest absolute Gasteiger partial charge is 0.508 e. The van der Waals surface area contributed by atoms with E-state index in [1.807, 2.05) is 34.6 Å². The summed E-state index contributed by atoms with van der Waals surface area (Å²) in [6.07, 6.45) is -0.0576. The number of hydrogen-bond donors (Lipinski definition) is 2. The normalized spacial score (nSPS) is 15.1. The van der Waals surface area contributed by atoms with Gasteiger partial charge in [0.05, 0.1) is 5.60 Å². The summed E-state index contributed by atoms with van der Waals surface area (Å²) in [6.45, 7) is 17.0. The zero-order valence-corrected chi connectivity index (χ0v) is 16.9. The molecule has 24 heavy (non-hydrogen) atoms. The van der Waals surface area contributed by atoms with Crippen molar-refractivity contribution in [1.29, 1.82) is 0 Å². The molecule has 0 aromatic carbocycles. The SMILES string of the molecule is CC(COC(=O)OC(C)(C)C(C)(C)CCOC(C)(C)N)C(C)(C)O. The fourth-order valence-electron chi connectivity index (χ4n) is 1.64. The van der Waals surface area contributed by atoms with E-state index in [4.69, 9.17) is 19.9 Å². The van der Waals surface area contributed by atoms with Gasteiger partial charge < -0.3 is 25.1 Å². The fraction of sp³-hybridized carbons (Fsp3) is 0.944. The molecule has 6 nitrogen and oxygen atoms in total. The van der Waals surface area contributed by atoms with Crippen molar-refractivity contribution >= 4 is 6.16 Å². The highest BCUT2D eigenvalue weighted by Crippen LogP contribution is 2.37. The summed E-state index contributed by atoms with van der Waals surface area (Å²) in [7, 11) is 0. The Kier molecular flexibility index (Phi) is 7.74. The van der Waals surface area contributed by atoms with Gasteiger partial charge in [-0.2, -0.15) is 0 Å². The van der Waals surface area contributed by atoms with Gasteiger partial charge in [0, 0.05) is 17.9 Å². The van der Waals surface area contributed by atoms with Crippen molar-refractivity contribution < 1.29 is 24.1 Å². The molecule has 0 aliphatic heterocycles. The van der Waals surface area contributed by atoms with Crippen LogP contribution in [0.2, 0.25) is 0 Å². The van der Waals surface area contributed by atoms with Crippen molar-refractivity contribution in [3.05, 3.63) is 0 Å². The molecule has 0 aliphatic rings. The average molecular weight is 347 g/mol. The van der Waals surface area contributed by atoms with E-state index in [-0.39, 0.29) is 17.9 Å². The molecule has 0 radical (unpaired) electrons. The summed E-state index contributed by atoms with van der Waals surface area (Å²) >= 11 is 0. The summed E-state index contributed by atoms with van der Waals surface area (Å²) < 4.78 is 16.2. The Hall–Kier alpha value is -0.850. The standard InChI is InChI=1S/C18H37NO5/c1-13(16(4,5)21)12-22-14(20)24-17(6,7)15(2,3)10-11-23-18(8,9)19/h13,21H,10-12,19H2,1-9H3. The van der Waals surface area contributed by atoms with Gasteiger partial charge >= 0.3 is 6.16 Å². The minimum absolute atomic E-state index is 0.101. The number of ether oxygens (including phenoxy) is 3. The Morgan fingerprint density at radius 2 is 1.58 bits per heavy atom. The highest BCUT2D eigenvalue weighted by molar-refractivity contribution is 5.60. The molecule has 0 saturated heterocycles. The van der Waals surface area contributed by atoms with E-state index in [1.165, 1.54) is 0 Å². The van der Waals surface area contributed by atoms with Crippen LogP contribution in [0.25, 0.3) is 0 Å². The molecule has 3 N–H and O–H groups in total. The summed E-state index contributed by atoms with van der Waals surface area (Å²) in [6, 6.07) is 0.